The van der Waals surface area contributed by atoms with Crippen molar-refractivity contribution >= 4 is 75.5 Å². The van der Waals surface area contributed by atoms with Crippen LogP contribution in [-0.4, -0.2) is 93.4 Å². The predicted octanol–water partition coefficient (Wildman–Crippen LogP) is 3.18. The van der Waals surface area contributed by atoms with Crippen molar-refractivity contribution in [3.05, 3.63) is 250 Å². The van der Waals surface area contributed by atoms with Crippen LogP contribution < -0.4 is 47.0 Å². The van der Waals surface area contributed by atoms with Gasteiger partial charge in [-0.2, -0.15) is 10.5 Å². The van der Waals surface area contributed by atoms with Crippen molar-refractivity contribution in [2.45, 2.75) is 46.6 Å². The van der Waals surface area contributed by atoms with Crippen molar-refractivity contribution in [1.82, 2.24) is 0 Å². The Balaban J connectivity index is 0.000000267. The third-order valence-corrected chi connectivity index (χ3v) is 14.0. The lowest BCUT2D eigenvalue weighted by atomic mass is 9.65. The summed E-state index contributed by atoms with van der Waals surface area (Å²) in [4.78, 5) is 0. The average molecular weight is 1230 g/mol. The Labute approximate surface area is 523 Å². The lowest BCUT2D eigenvalue weighted by Crippen LogP contribution is -2.53. The number of benzene rings is 9. The molecule has 9 rings (SSSR count). The summed E-state index contributed by atoms with van der Waals surface area (Å²) in [6.45, 7) is -1.42. The molecule has 19 nitrogen and oxygen atoms in total. The Morgan fingerprint density at radius 1 is 0.319 bits per heavy atom. The maximum absolute atomic E-state index is 13.7. The number of aryl methyl sites for hydroxylation is 1. The number of rotatable bonds is 26. The van der Waals surface area contributed by atoms with Gasteiger partial charge in [0.1, 0.15) is 51.9 Å². The van der Waals surface area contributed by atoms with Crippen LogP contribution in [0.2, 0.25) is 0 Å². The van der Waals surface area contributed by atoms with E-state index in [1.807, 2.05) is 43.3 Å². The van der Waals surface area contributed by atoms with Gasteiger partial charge in [-0.25, -0.2) is 13.2 Å². The van der Waals surface area contributed by atoms with Gasteiger partial charge in [0.2, 0.25) is 0 Å². The number of hydrogen-bond acceptors (Lipinski definition) is 19. The van der Waals surface area contributed by atoms with Crippen LogP contribution in [0.4, 0.5) is 13.2 Å². The van der Waals surface area contributed by atoms with Gasteiger partial charge in [0.25, 0.3) is 0 Å². The van der Waals surface area contributed by atoms with Crippen LogP contribution in [0, 0.1) is 47.0 Å². The molecule has 0 amide bonds. The summed E-state index contributed by atoms with van der Waals surface area (Å²) in [5.41, 5.74) is 3.47. The number of nitriles is 2. The van der Waals surface area contributed by atoms with Crippen LogP contribution in [0.3, 0.4) is 0 Å². The van der Waals surface area contributed by atoms with E-state index in [-0.39, 0.29) is 60.6 Å². The van der Waals surface area contributed by atoms with E-state index in [0.717, 1.165) is 42.0 Å². The quantitative estimate of drug-likeness (QED) is 0.0348. The zero-order valence-electron chi connectivity index (χ0n) is 48.4. The molecule has 0 heterocycles. The summed E-state index contributed by atoms with van der Waals surface area (Å²) in [7, 11) is -10.2. The first-order chi connectivity index (χ1) is 44.0. The minimum Gasteiger partial charge on any atom is -0.457 e. The van der Waals surface area contributed by atoms with Gasteiger partial charge in [0.15, 0.2) is 0 Å². The summed E-state index contributed by atoms with van der Waals surface area (Å²) in [6.07, 6.45) is 0. The lowest BCUT2D eigenvalue weighted by molar-refractivity contribution is 0.280. The zero-order chi connectivity index (χ0) is 65.1. The van der Waals surface area contributed by atoms with E-state index < -0.39 is 99.8 Å². The number of nitrogens with zero attached hydrogens (tertiary/aromatic N) is 2. The van der Waals surface area contributed by atoms with Crippen LogP contribution in [-0.2, 0) is 57.9 Å². The predicted molar refractivity (Wildman–Crippen MR) is 333 cm³/mol. The Kier molecular flexibility index (Phi) is 24.4. The highest BCUT2D eigenvalue weighted by Gasteiger charge is 2.38. The molecule has 28 heteroatoms. The van der Waals surface area contributed by atoms with E-state index in [1.54, 1.807) is 78.9 Å². The molecular formula is C63H55B6F3N2O17. The third kappa shape index (κ3) is 18.1. The highest BCUT2D eigenvalue weighted by Crippen LogP contribution is 2.26. The highest BCUT2D eigenvalue weighted by molar-refractivity contribution is 6.80. The molecule has 0 aliphatic rings. The largest absolute Gasteiger partial charge is 0.478 e. The Morgan fingerprint density at radius 2 is 0.549 bits per heavy atom. The normalized spacial score (nSPS) is 10.7. The molecule has 0 aliphatic carbocycles. The molecule has 0 atom stereocenters. The smallest absolute Gasteiger partial charge is 0.457 e. The molecule has 0 spiro atoms. The average Bonchev–Trinajstić information content (AvgIpc) is 1.20. The molecule has 0 fully saturated rings. The van der Waals surface area contributed by atoms with Crippen LogP contribution >= 0.6 is 0 Å². The third-order valence-electron chi connectivity index (χ3n) is 14.0. The van der Waals surface area contributed by atoms with E-state index in [4.69, 9.17) is 43.0 Å². The minimum absolute atomic E-state index is 0.00233. The lowest BCUT2D eigenvalue weighted by Gasteiger charge is -2.23. The second-order valence-electron chi connectivity index (χ2n) is 20.1. The minimum atomic E-state index is -1.80. The summed E-state index contributed by atoms with van der Waals surface area (Å²) >= 11 is 0. The van der Waals surface area contributed by atoms with Gasteiger partial charge in [0, 0.05) is 0 Å². The molecule has 0 saturated carbocycles. The number of aliphatic hydroxyl groups is 6. The van der Waals surface area contributed by atoms with Gasteiger partial charge in [0.05, 0.1) is 62.9 Å². The van der Waals surface area contributed by atoms with Gasteiger partial charge in [-0.05, 0) is 207 Å². The first kappa shape index (κ1) is 67.9. The van der Waals surface area contributed by atoms with E-state index in [1.165, 1.54) is 42.5 Å². The molecular weight excluding hydrogens is 1180 g/mol. The molecule has 9 aromatic carbocycles. The monoisotopic (exact) mass is 1230 g/mol. The Hall–Kier alpha value is -9.02. The number of halogens is 3. The fourth-order valence-corrected chi connectivity index (χ4v) is 9.23. The molecule has 0 saturated heterocycles. The van der Waals surface area contributed by atoms with E-state index in [2.05, 4.69) is 0 Å². The van der Waals surface area contributed by atoms with Gasteiger partial charge in [-0.1, -0.05) is 54.1 Å². The van der Waals surface area contributed by atoms with Crippen LogP contribution in [0.25, 0.3) is 0 Å². The maximum atomic E-state index is 13.7. The van der Waals surface area contributed by atoms with Crippen LogP contribution in [0.5, 0.6) is 34.5 Å². The maximum Gasteiger partial charge on any atom is 0.478 e. The first-order valence-electron chi connectivity index (χ1n) is 27.8. The zero-order valence-corrected chi connectivity index (χ0v) is 48.4. The van der Waals surface area contributed by atoms with E-state index in [0.29, 0.717) is 51.2 Å². The van der Waals surface area contributed by atoms with Crippen molar-refractivity contribution in [1.29, 1.82) is 10.5 Å². The fraction of sp³-hybridized carbons (Fsp3) is 0.111. The van der Waals surface area contributed by atoms with Crippen molar-refractivity contribution in [2.24, 2.45) is 0 Å². The van der Waals surface area contributed by atoms with E-state index >= 15 is 0 Å². The van der Waals surface area contributed by atoms with Crippen LogP contribution in [0.1, 0.15) is 50.1 Å². The second kappa shape index (κ2) is 32.6. The summed E-state index contributed by atoms with van der Waals surface area (Å²) < 4.78 is 81.8. The summed E-state index contributed by atoms with van der Waals surface area (Å²) in [6, 6.07) is 48.1. The molecule has 9 aromatic rings. The second-order valence-corrected chi connectivity index (χ2v) is 20.1. The van der Waals surface area contributed by atoms with Gasteiger partial charge in [-0.3, -0.25) is 0 Å². The molecule has 0 bridgehead atoms. The Bertz CT molecular complexity index is 3950. The highest BCUT2D eigenvalue weighted by atomic mass is 19.1. The topological polar surface area (TPSA) is 314 Å². The standard InChI is InChI=1S/C42H35B3N2O10.C21H20B3F3O7/c1-28-2-8-34(9-3-28)53-37-14-17-40(31(20-37)25-48)43(51)56-45(42-19-16-39(22-33(42)27-50)55-36-12-6-30(24-47)7-13-36)57-44(52)41-18-15-38(21-32(41)26-49)54-35-10-4-29(23-46)5-11-35;25-16-1-4-19(13(7-16)10-28)22(31)33-24(21-6-3-18(27)9-15(21)12-30)34-23(32)20-5-2-17(26)8-14(20)11-29/h2-22,48-52H,25-27H2,1H3;1-9,28-32H,10-12H2. The van der Waals surface area contributed by atoms with E-state index in [9.17, 15) is 63.9 Å². The first-order valence-corrected chi connectivity index (χ1v) is 27.8. The molecule has 91 heavy (non-hydrogen) atoms. The van der Waals surface area contributed by atoms with Crippen molar-refractivity contribution in [3.8, 4) is 46.6 Å². The SMILES string of the molecule is Cc1ccc(Oc2ccc(B(O)OB(OB(O)c3ccc(Oc4ccc(C#N)cc4)cc3CO)c3ccc(Oc4ccc(C#N)cc4)cc3CO)c(CO)c2)cc1.OCc1cc(F)ccc1B(O)OB(OB(O)c1ccc(F)cc1CO)c1ccc(F)cc1CO. The van der Waals surface area contributed by atoms with Gasteiger partial charge >= 0.3 is 42.7 Å². The molecule has 0 aromatic heterocycles. The number of hydrogen-bond donors (Lipinski definition) is 10. The molecule has 10 N–H and O–H groups in total. The molecule has 0 aliphatic heterocycles. The molecule has 0 radical (unpaired) electrons. The van der Waals surface area contributed by atoms with Crippen molar-refractivity contribution in [2.75, 3.05) is 0 Å². The van der Waals surface area contributed by atoms with Crippen molar-refractivity contribution in [3.63, 3.8) is 0 Å². The van der Waals surface area contributed by atoms with Crippen molar-refractivity contribution < 1.29 is 96.4 Å². The molecule has 0 unspecified atom stereocenters. The number of ether oxygens (including phenoxy) is 3. The van der Waals surface area contributed by atoms with Crippen LogP contribution in [0.15, 0.2) is 182 Å². The Morgan fingerprint density at radius 3 is 0.846 bits per heavy atom. The summed E-state index contributed by atoms with van der Waals surface area (Å²) in [5, 5.41) is 122. The fourth-order valence-electron chi connectivity index (χ4n) is 9.23. The van der Waals surface area contributed by atoms with Gasteiger partial charge < -0.3 is 83.2 Å². The molecule has 458 valence electrons. The number of aliphatic hydroxyl groups excluding tert-OH is 6. The summed E-state index contributed by atoms with van der Waals surface area (Å²) in [5.74, 6) is 0.569. The van der Waals surface area contributed by atoms with Gasteiger partial charge in [-0.15, -0.1) is 0 Å².